The second kappa shape index (κ2) is 4.52. The van der Waals surface area contributed by atoms with Crippen LogP contribution in [0.2, 0.25) is 0 Å². The lowest BCUT2D eigenvalue weighted by Gasteiger charge is -2.00. The Morgan fingerprint density at radius 2 is 1.57 bits per heavy atom. The first-order chi connectivity index (χ1) is 5.82. The fourth-order valence-electron chi connectivity index (χ4n) is 0.681. The number of halogens is 4. The van der Waals surface area contributed by atoms with Crippen LogP contribution in [0.1, 0.15) is 0 Å². The lowest BCUT2D eigenvalue weighted by molar-refractivity contribution is 0.479. The van der Waals surface area contributed by atoms with Gasteiger partial charge in [0, 0.05) is 0 Å². The lowest BCUT2D eigenvalue weighted by Crippen LogP contribution is -2.00. The van der Waals surface area contributed by atoms with Crippen LogP contribution in [0.4, 0.5) is 8.78 Å². The standard InChI is InChI=1S/C6H3BrF2O3S.ClH/c7-6-4(8)1-3(2-5(6)9)13(10,11)12;/h1-2H,(H,10,11,12);1H. The van der Waals surface area contributed by atoms with Crippen LogP contribution >= 0.6 is 28.3 Å². The molecule has 80 valence electrons. The molecule has 0 spiro atoms. The first-order valence-corrected chi connectivity index (χ1v) is 5.17. The van der Waals surface area contributed by atoms with E-state index >= 15 is 0 Å². The third kappa shape index (κ3) is 2.88. The summed E-state index contributed by atoms with van der Waals surface area (Å²) >= 11 is 2.55. The van der Waals surface area contributed by atoms with E-state index in [9.17, 15) is 17.2 Å². The summed E-state index contributed by atoms with van der Waals surface area (Å²) in [6, 6.07) is 1.03. The molecule has 14 heavy (non-hydrogen) atoms. The maximum atomic E-state index is 12.7. The highest BCUT2D eigenvalue weighted by Crippen LogP contribution is 2.23. The van der Waals surface area contributed by atoms with Crippen molar-refractivity contribution in [3.63, 3.8) is 0 Å². The van der Waals surface area contributed by atoms with E-state index in [2.05, 4.69) is 15.9 Å². The summed E-state index contributed by atoms with van der Waals surface area (Å²) in [6.07, 6.45) is 0. The van der Waals surface area contributed by atoms with E-state index in [1.807, 2.05) is 0 Å². The Kier molecular flexibility index (Phi) is 4.44. The van der Waals surface area contributed by atoms with Crippen LogP contribution in [-0.4, -0.2) is 13.0 Å². The average Bonchev–Trinajstić information content (AvgIpc) is 1.97. The Morgan fingerprint density at radius 1 is 1.21 bits per heavy atom. The molecule has 1 rings (SSSR count). The van der Waals surface area contributed by atoms with E-state index in [4.69, 9.17) is 4.55 Å². The third-order valence-electron chi connectivity index (χ3n) is 1.26. The minimum absolute atomic E-state index is 0. The highest BCUT2D eigenvalue weighted by molar-refractivity contribution is 9.10. The molecule has 0 unspecified atom stereocenters. The minimum atomic E-state index is -4.57. The summed E-state index contributed by atoms with van der Waals surface area (Å²) in [6.45, 7) is 0. The van der Waals surface area contributed by atoms with Gasteiger partial charge in [0.1, 0.15) is 11.6 Å². The SMILES string of the molecule is Cl.O=S(=O)(O)c1cc(F)c(Br)c(F)c1. The second-order valence-corrected chi connectivity index (χ2v) is 4.39. The van der Waals surface area contributed by atoms with Crippen molar-refractivity contribution in [2.75, 3.05) is 0 Å². The molecule has 1 N–H and O–H groups in total. The van der Waals surface area contributed by atoms with E-state index in [1.165, 1.54) is 0 Å². The molecule has 0 radical (unpaired) electrons. The summed E-state index contributed by atoms with van der Waals surface area (Å²) in [4.78, 5) is -0.814. The first-order valence-electron chi connectivity index (χ1n) is 2.94. The van der Waals surface area contributed by atoms with Gasteiger partial charge in [0.15, 0.2) is 0 Å². The minimum Gasteiger partial charge on any atom is -0.282 e. The van der Waals surface area contributed by atoms with E-state index in [0.717, 1.165) is 0 Å². The van der Waals surface area contributed by atoms with Gasteiger partial charge in [-0.3, -0.25) is 4.55 Å². The van der Waals surface area contributed by atoms with Crippen LogP contribution in [0.5, 0.6) is 0 Å². The molecule has 3 nitrogen and oxygen atoms in total. The molecule has 0 aromatic heterocycles. The Hall–Kier alpha value is -0.240. The highest BCUT2D eigenvalue weighted by Gasteiger charge is 2.15. The van der Waals surface area contributed by atoms with Gasteiger partial charge in [-0.25, -0.2) is 8.78 Å². The summed E-state index contributed by atoms with van der Waals surface area (Å²) in [5, 5.41) is 0. The first kappa shape index (κ1) is 13.8. The fraction of sp³-hybridized carbons (Fsp3) is 0. The predicted molar refractivity (Wildman–Crippen MR) is 51.1 cm³/mol. The van der Waals surface area contributed by atoms with Crippen LogP contribution in [0.25, 0.3) is 0 Å². The molecular weight excluding hydrogens is 305 g/mol. The van der Waals surface area contributed by atoms with Crippen LogP contribution < -0.4 is 0 Å². The van der Waals surface area contributed by atoms with Gasteiger partial charge in [-0.2, -0.15) is 8.42 Å². The normalized spacial score (nSPS) is 10.9. The van der Waals surface area contributed by atoms with Gasteiger partial charge in [0.05, 0.1) is 9.37 Å². The van der Waals surface area contributed by atoms with Gasteiger partial charge in [-0.1, -0.05) is 0 Å². The maximum absolute atomic E-state index is 12.7. The summed E-state index contributed by atoms with van der Waals surface area (Å²) in [5.41, 5.74) is 0. The predicted octanol–water partition coefficient (Wildman–Crippen LogP) is 2.40. The topological polar surface area (TPSA) is 54.4 Å². The summed E-state index contributed by atoms with van der Waals surface area (Å²) in [5.74, 6) is -2.18. The molecule has 1 aromatic carbocycles. The fourth-order valence-corrected chi connectivity index (χ4v) is 1.41. The van der Waals surface area contributed by atoms with Crippen molar-refractivity contribution >= 4 is 38.5 Å². The van der Waals surface area contributed by atoms with Gasteiger partial charge >= 0.3 is 0 Å². The molecule has 1 aromatic rings. The summed E-state index contributed by atoms with van der Waals surface area (Å²) < 4.78 is 54.3. The van der Waals surface area contributed by atoms with Crippen LogP contribution in [0.15, 0.2) is 21.5 Å². The number of hydrogen-bond donors (Lipinski definition) is 1. The average molecular weight is 310 g/mol. The van der Waals surface area contributed by atoms with Gasteiger partial charge < -0.3 is 0 Å². The third-order valence-corrected chi connectivity index (χ3v) is 2.84. The number of rotatable bonds is 1. The smallest absolute Gasteiger partial charge is 0.282 e. The van der Waals surface area contributed by atoms with E-state index in [1.54, 1.807) is 0 Å². The number of benzene rings is 1. The Labute approximate surface area is 93.4 Å². The largest absolute Gasteiger partial charge is 0.294 e. The molecule has 0 heterocycles. The van der Waals surface area contributed by atoms with Crippen molar-refractivity contribution in [2.24, 2.45) is 0 Å². The molecule has 0 aliphatic heterocycles. The molecule has 8 heteroatoms. The quantitative estimate of drug-likeness (QED) is 0.640. The maximum Gasteiger partial charge on any atom is 0.294 e. The van der Waals surface area contributed by atoms with Crippen molar-refractivity contribution < 1.29 is 21.8 Å². The van der Waals surface area contributed by atoms with E-state index in [-0.39, 0.29) is 12.4 Å². The molecule has 0 aliphatic rings. The monoisotopic (exact) mass is 308 g/mol. The van der Waals surface area contributed by atoms with E-state index in [0.29, 0.717) is 12.1 Å². The number of hydrogen-bond acceptors (Lipinski definition) is 2. The molecular formula is C6H4BrClF2O3S. The van der Waals surface area contributed by atoms with Gasteiger partial charge in [-0.15, -0.1) is 12.4 Å². The van der Waals surface area contributed by atoms with Crippen molar-refractivity contribution in [1.29, 1.82) is 0 Å². The summed E-state index contributed by atoms with van der Waals surface area (Å²) in [7, 11) is -4.57. The van der Waals surface area contributed by atoms with E-state index < -0.39 is 31.1 Å². The van der Waals surface area contributed by atoms with Gasteiger partial charge in [-0.05, 0) is 28.1 Å². The molecule has 0 saturated carbocycles. The highest BCUT2D eigenvalue weighted by atomic mass is 79.9. The zero-order valence-electron chi connectivity index (χ0n) is 6.37. The van der Waals surface area contributed by atoms with Crippen molar-refractivity contribution in [3.05, 3.63) is 28.2 Å². The van der Waals surface area contributed by atoms with Crippen molar-refractivity contribution in [3.8, 4) is 0 Å². The van der Waals surface area contributed by atoms with Crippen LogP contribution in [0.3, 0.4) is 0 Å². The lowest BCUT2D eigenvalue weighted by atomic mass is 10.3. The van der Waals surface area contributed by atoms with Crippen molar-refractivity contribution in [2.45, 2.75) is 4.90 Å². The Morgan fingerprint density at radius 3 is 1.86 bits per heavy atom. The Bertz CT molecular complexity index is 425. The second-order valence-electron chi connectivity index (χ2n) is 2.18. The van der Waals surface area contributed by atoms with Crippen LogP contribution in [-0.2, 0) is 10.1 Å². The zero-order chi connectivity index (χ0) is 10.2. The molecule has 0 aliphatic carbocycles. The van der Waals surface area contributed by atoms with Gasteiger partial charge in [0.2, 0.25) is 0 Å². The Balaban J connectivity index is 0.00000169. The molecule has 0 atom stereocenters. The molecule has 0 saturated heterocycles. The molecule has 0 fully saturated rings. The van der Waals surface area contributed by atoms with Crippen molar-refractivity contribution in [1.82, 2.24) is 0 Å². The zero-order valence-corrected chi connectivity index (χ0v) is 9.59. The van der Waals surface area contributed by atoms with Crippen LogP contribution in [0, 0.1) is 11.6 Å². The molecule has 0 bridgehead atoms. The van der Waals surface area contributed by atoms with Gasteiger partial charge in [0.25, 0.3) is 10.1 Å². The molecule has 0 amide bonds.